The molecule has 2 aliphatic rings. The van der Waals surface area contributed by atoms with Crippen LogP contribution < -0.4 is 0 Å². The summed E-state index contributed by atoms with van der Waals surface area (Å²) in [5, 5.41) is 9.59. The second-order valence-electron chi connectivity index (χ2n) is 6.42. The molecule has 2 amide bonds. The summed E-state index contributed by atoms with van der Waals surface area (Å²) in [6.07, 6.45) is 4.20. The molecule has 20 heavy (non-hydrogen) atoms. The minimum absolute atomic E-state index is 0.0892. The van der Waals surface area contributed by atoms with Gasteiger partial charge in [-0.15, -0.1) is 0 Å². The van der Waals surface area contributed by atoms with Gasteiger partial charge in [0.15, 0.2) is 0 Å². The SMILES string of the molecule is CCC1(C(=O)O)CCCN1C(=O)N(CC1CC1)C(C)C. The number of urea groups is 1. The zero-order valence-electron chi connectivity index (χ0n) is 12.8. The summed E-state index contributed by atoms with van der Waals surface area (Å²) in [6, 6.07) is 0.0284. The molecule has 1 aliphatic carbocycles. The molecule has 0 aromatic heterocycles. The van der Waals surface area contributed by atoms with Gasteiger partial charge in [-0.3, -0.25) is 0 Å². The number of carboxylic acid groups (broad SMARTS) is 1. The Balaban J connectivity index is 2.18. The van der Waals surface area contributed by atoms with Gasteiger partial charge >= 0.3 is 12.0 Å². The summed E-state index contributed by atoms with van der Waals surface area (Å²) in [6.45, 7) is 7.20. The van der Waals surface area contributed by atoms with E-state index in [4.69, 9.17) is 0 Å². The van der Waals surface area contributed by atoms with Crippen LogP contribution in [0.4, 0.5) is 4.79 Å². The topological polar surface area (TPSA) is 60.9 Å². The van der Waals surface area contributed by atoms with Gasteiger partial charge in [0.05, 0.1) is 0 Å². The second kappa shape index (κ2) is 5.62. The standard InChI is InChI=1S/C15H26N2O3/c1-4-15(13(18)19)8-5-9-17(15)14(20)16(11(2)3)10-12-6-7-12/h11-12H,4-10H2,1-3H3,(H,18,19). The summed E-state index contributed by atoms with van der Waals surface area (Å²) in [5.41, 5.74) is -0.992. The van der Waals surface area contributed by atoms with Gasteiger partial charge in [-0.25, -0.2) is 9.59 Å². The van der Waals surface area contributed by atoms with E-state index in [0.29, 0.717) is 25.3 Å². The number of carbonyl (C=O) groups is 2. The van der Waals surface area contributed by atoms with Crippen LogP contribution in [0, 0.1) is 5.92 Å². The number of hydrogen-bond donors (Lipinski definition) is 1. The highest BCUT2D eigenvalue weighted by atomic mass is 16.4. The maximum Gasteiger partial charge on any atom is 0.329 e. The van der Waals surface area contributed by atoms with Crippen molar-refractivity contribution in [1.29, 1.82) is 0 Å². The van der Waals surface area contributed by atoms with Gasteiger partial charge in [0.25, 0.3) is 0 Å². The molecular formula is C15H26N2O3. The van der Waals surface area contributed by atoms with E-state index in [9.17, 15) is 14.7 Å². The Labute approximate surface area is 120 Å². The lowest BCUT2D eigenvalue weighted by Crippen LogP contribution is -2.57. The van der Waals surface area contributed by atoms with Crippen LogP contribution in [0.5, 0.6) is 0 Å². The first-order valence-corrected chi connectivity index (χ1v) is 7.74. The van der Waals surface area contributed by atoms with Crippen molar-refractivity contribution >= 4 is 12.0 Å². The molecular weight excluding hydrogens is 256 g/mol. The molecule has 1 unspecified atom stereocenters. The molecule has 0 spiro atoms. The molecule has 114 valence electrons. The number of carbonyl (C=O) groups excluding carboxylic acids is 1. The maximum absolute atomic E-state index is 12.8. The Bertz CT molecular complexity index is 393. The largest absolute Gasteiger partial charge is 0.479 e. The molecule has 5 heteroatoms. The molecule has 0 aromatic rings. The van der Waals surface area contributed by atoms with Crippen LogP contribution in [0.15, 0.2) is 0 Å². The lowest BCUT2D eigenvalue weighted by atomic mass is 9.93. The van der Waals surface area contributed by atoms with Crippen molar-refractivity contribution in [3.63, 3.8) is 0 Å². The summed E-state index contributed by atoms with van der Waals surface area (Å²) in [5.74, 6) is -0.245. The summed E-state index contributed by atoms with van der Waals surface area (Å²) in [7, 11) is 0. The van der Waals surface area contributed by atoms with Crippen molar-refractivity contribution in [2.24, 2.45) is 5.92 Å². The number of nitrogens with zero attached hydrogens (tertiary/aromatic N) is 2. The summed E-state index contributed by atoms with van der Waals surface area (Å²) in [4.78, 5) is 28.0. The first kappa shape index (κ1) is 15.1. The Morgan fingerprint density at radius 3 is 2.50 bits per heavy atom. The van der Waals surface area contributed by atoms with Crippen molar-refractivity contribution in [3.05, 3.63) is 0 Å². The van der Waals surface area contributed by atoms with Crippen molar-refractivity contribution in [2.75, 3.05) is 13.1 Å². The molecule has 0 radical (unpaired) electrons. The van der Waals surface area contributed by atoms with Gasteiger partial charge in [-0.1, -0.05) is 6.92 Å². The minimum Gasteiger partial charge on any atom is -0.479 e. The molecule has 1 saturated heterocycles. The second-order valence-corrected chi connectivity index (χ2v) is 6.42. The van der Waals surface area contributed by atoms with Crippen molar-refractivity contribution < 1.29 is 14.7 Å². The quantitative estimate of drug-likeness (QED) is 0.843. The van der Waals surface area contributed by atoms with Crippen LogP contribution in [0.1, 0.15) is 52.9 Å². The highest BCUT2D eigenvalue weighted by molar-refractivity contribution is 5.87. The zero-order chi connectivity index (χ0) is 14.9. The first-order valence-electron chi connectivity index (χ1n) is 7.74. The van der Waals surface area contributed by atoms with Gasteiger partial charge < -0.3 is 14.9 Å². The average molecular weight is 282 g/mol. The predicted molar refractivity (Wildman–Crippen MR) is 76.6 cm³/mol. The van der Waals surface area contributed by atoms with Gasteiger partial charge in [-0.05, 0) is 51.9 Å². The molecule has 1 heterocycles. The number of rotatable bonds is 5. The van der Waals surface area contributed by atoms with Crippen molar-refractivity contribution in [3.8, 4) is 0 Å². The minimum atomic E-state index is -0.992. The van der Waals surface area contributed by atoms with E-state index < -0.39 is 11.5 Å². The fourth-order valence-corrected chi connectivity index (χ4v) is 3.14. The van der Waals surface area contributed by atoms with E-state index in [-0.39, 0.29) is 12.1 Å². The van der Waals surface area contributed by atoms with Crippen LogP contribution in [-0.4, -0.2) is 51.6 Å². The van der Waals surface area contributed by atoms with E-state index in [0.717, 1.165) is 13.0 Å². The Kier molecular flexibility index (Phi) is 4.25. The number of hydrogen-bond acceptors (Lipinski definition) is 2. The Morgan fingerprint density at radius 2 is 2.05 bits per heavy atom. The monoisotopic (exact) mass is 282 g/mol. The van der Waals surface area contributed by atoms with Crippen molar-refractivity contribution in [1.82, 2.24) is 9.80 Å². The Hall–Kier alpha value is -1.26. The lowest BCUT2D eigenvalue weighted by molar-refractivity contribution is -0.148. The van der Waals surface area contributed by atoms with E-state index >= 15 is 0 Å². The van der Waals surface area contributed by atoms with Gasteiger partial charge in [0, 0.05) is 19.1 Å². The normalized spacial score (nSPS) is 26.1. The maximum atomic E-state index is 12.8. The van der Waals surface area contributed by atoms with Gasteiger partial charge in [0.2, 0.25) is 0 Å². The number of aliphatic carboxylic acids is 1. The van der Waals surface area contributed by atoms with Crippen molar-refractivity contribution in [2.45, 2.75) is 64.5 Å². The Morgan fingerprint density at radius 1 is 1.40 bits per heavy atom. The third kappa shape index (κ3) is 2.63. The van der Waals surface area contributed by atoms with E-state index in [1.807, 2.05) is 25.7 Å². The number of likely N-dealkylation sites (tertiary alicyclic amines) is 1. The van der Waals surface area contributed by atoms with Gasteiger partial charge in [0.1, 0.15) is 5.54 Å². The smallest absolute Gasteiger partial charge is 0.329 e. The van der Waals surface area contributed by atoms with E-state index in [2.05, 4.69) is 0 Å². The molecule has 0 bridgehead atoms. The molecule has 5 nitrogen and oxygen atoms in total. The number of carboxylic acids is 1. The fraction of sp³-hybridized carbons (Fsp3) is 0.867. The summed E-state index contributed by atoms with van der Waals surface area (Å²) >= 11 is 0. The highest BCUT2D eigenvalue weighted by Crippen LogP contribution is 2.36. The third-order valence-electron chi connectivity index (χ3n) is 4.72. The molecule has 1 atom stereocenters. The van der Waals surface area contributed by atoms with Crippen LogP contribution >= 0.6 is 0 Å². The van der Waals surface area contributed by atoms with E-state index in [1.54, 1.807) is 4.90 Å². The van der Waals surface area contributed by atoms with Crippen LogP contribution in [0.25, 0.3) is 0 Å². The molecule has 0 aromatic carbocycles. The molecule has 1 aliphatic heterocycles. The van der Waals surface area contributed by atoms with Crippen LogP contribution in [0.2, 0.25) is 0 Å². The third-order valence-corrected chi connectivity index (χ3v) is 4.72. The molecule has 2 rings (SSSR count). The first-order chi connectivity index (χ1) is 9.42. The zero-order valence-corrected chi connectivity index (χ0v) is 12.8. The number of amides is 2. The average Bonchev–Trinajstić information content (AvgIpc) is 3.10. The van der Waals surface area contributed by atoms with Crippen LogP contribution in [-0.2, 0) is 4.79 Å². The molecule has 1 N–H and O–H groups in total. The fourth-order valence-electron chi connectivity index (χ4n) is 3.14. The lowest BCUT2D eigenvalue weighted by Gasteiger charge is -2.39. The van der Waals surface area contributed by atoms with Gasteiger partial charge in [-0.2, -0.15) is 0 Å². The summed E-state index contributed by atoms with van der Waals surface area (Å²) < 4.78 is 0. The molecule has 2 fully saturated rings. The van der Waals surface area contributed by atoms with E-state index in [1.165, 1.54) is 12.8 Å². The highest BCUT2D eigenvalue weighted by Gasteiger charge is 2.50. The predicted octanol–water partition coefficient (Wildman–Crippen LogP) is 2.56. The molecule has 1 saturated carbocycles. The van der Waals surface area contributed by atoms with Crippen LogP contribution in [0.3, 0.4) is 0 Å².